The first kappa shape index (κ1) is 21.8. The summed E-state index contributed by atoms with van der Waals surface area (Å²) in [6, 6.07) is 15.7. The third-order valence-corrected chi connectivity index (χ3v) is 5.83. The predicted molar refractivity (Wildman–Crippen MR) is 128 cm³/mol. The number of piperazine rings is 1. The Bertz CT molecular complexity index is 1180. The van der Waals surface area contributed by atoms with Crippen molar-refractivity contribution in [2.45, 2.75) is 6.92 Å². The van der Waals surface area contributed by atoms with E-state index < -0.39 is 0 Å². The molecule has 1 fully saturated rings. The molecule has 166 valence electrons. The molecule has 1 aromatic heterocycles. The summed E-state index contributed by atoms with van der Waals surface area (Å²) in [6.07, 6.45) is 5.93. The van der Waals surface area contributed by atoms with Gasteiger partial charge in [0.1, 0.15) is 11.3 Å². The first-order chi connectivity index (χ1) is 15.6. The maximum atomic E-state index is 13.2. The van der Waals surface area contributed by atoms with Gasteiger partial charge >= 0.3 is 0 Å². The quantitative estimate of drug-likeness (QED) is 0.600. The smallest absolute Gasteiger partial charge is 0.259 e. The Labute approximate surface area is 188 Å². The lowest BCUT2D eigenvalue weighted by atomic mass is 10.1. The lowest BCUT2D eigenvalue weighted by Gasteiger charge is -2.34. The molecule has 1 aliphatic rings. The summed E-state index contributed by atoms with van der Waals surface area (Å²) in [6.45, 7) is 6.06. The highest BCUT2D eigenvalue weighted by molar-refractivity contribution is 5.97. The summed E-state index contributed by atoms with van der Waals surface area (Å²) < 4.78 is 7.38. The Morgan fingerprint density at radius 3 is 2.53 bits per heavy atom. The summed E-state index contributed by atoms with van der Waals surface area (Å²) in [5, 5.41) is 0.508. The van der Waals surface area contributed by atoms with Crippen molar-refractivity contribution in [2.24, 2.45) is 7.05 Å². The molecule has 2 aromatic carbocycles. The van der Waals surface area contributed by atoms with Crippen molar-refractivity contribution < 1.29 is 9.53 Å². The number of ether oxygens (including phenoxy) is 1. The molecule has 1 aliphatic heterocycles. The molecule has 0 unspecified atom stereocenters. The Balaban J connectivity index is 1.44. The summed E-state index contributed by atoms with van der Waals surface area (Å²) in [5.41, 5.74) is 1.94. The average Bonchev–Trinajstić information content (AvgIpc) is 2.82. The van der Waals surface area contributed by atoms with Crippen molar-refractivity contribution in [1.29, 1.82) is 0 Å². The topological polar surface area (TPSA) is 54.8 Å². The fourth-order valence-corrected chi connectivity index (χ4v) is 4.09. The summed E-state index contributed by atoms with van der Waals surface area (Å²) in [7, 11) is 1.86. The lowest BCUT2D eigenvalue weighted by molar-refractivity contribution is 0.0648. The van der Waals surface area contributed by atoms with Crippen LogP contribution in [0.1, 0.15) is 22.8 Å². The molecule has 0 aliphatic carbocycles. The standard InChI is InChI=1S/C26H29N3O3/c1-3-32-21-11-12-24-22(18-21)25(30)23(19-27(24)2)26(31)29-16-14-28(15-17-29)13-7-10-20-8-5-4-6-9-20/h4-12,18-19H,3,13-17H2,1-2H3/b10-7+. The van der Waals surface area contributed by atoms with E-state index in [2.05, 4.69) is 29.2 Å². The van der Waals surface area contributed by atoms with E-state index in [0.717, 1.165) is 25.2 Å². The van der Waals surface area contributed by atoms with Crippen LogP contribution in [-0.4, -0.2) is 59.6 Å². The number of fused-ring (bicyclic) bond motifs is 1. The van der Waals surface area contributed by atoms with Gasteiger partial charge in [-0.05, 0) is 30.7 Å². The van der Waals surface area contributed by atoms with E-state index >= 15 is 0 Å². The van der Waals surface area contributed by atoms with Crippen molar-refractivity contribution in [3.8, 4) is 5.75 Å². The van der Waals surface area contributed by atoms with E-state index in [0.29, 0.717) is 30.8 Å². The summed E-state index contributed by atoms with van der Waals surface area (Å²) in [5.74, 6) is 0.438. The van der Waals surface area contributed by atoms with Crippen LogP contribution in [0.15, 0.2) is 65.6 Å². The van der Waals surface area contributed by atoms with Crippen LogP contribution < -0.4 is 10.2 Å². The van der Waals surface area contributed by atoms with Gasteiger partial charge in [-0.1, -0.05) is 42.5 Å². The van der Waals surface area contributed by atoms with Gasteiger partial charge in [0.15, 0.2) is 0 Å². The molecular formula is C26H29N3O3. The second-order valence-electron chi connectivity index (χ2n) is 8.00. The van der Waals surface area contributed by atoms with Crippen molar-refractivity contribution in [3.63, 3.8) is 0 Å². The van der Waals surface area contributed by atoms with E-state index in [-0.39, 0.29) is 16.9 Å². The number of rotatable bonds is 6. The number of nitrogens with zero attached hydrogens (tertiary/aromatic N) is 3. The second kappa shape index (κ2) is 9.83. The van der Waals surface area contributed by atoms with Gasteiger partial charge in [-0.15, -0.1) is 0 Å². The van der Waals surface area contributed by atoms with Gasteiger partial charge in [-0.2, -0.15) is 0 Å². The van der Waals surface area contributed by atoms with Crippen LogP contribution in [-0.2, 0) is 7.05 Å². The zero-order valence-electron chi connectivity index (χ0n) is 18.7. The zero-order chi connectivity index (χ0) is 22.5. The number of carbonyl (C=O) groups is 1. The normalized spacial score (nSPS) is 14.9. The number of aryl methyl sites for hydroxylation is 1. The molecule has 32 heavy (non-hydrogen) atoms. The van der Waals surface area contributed by atoms with Crippen LogP contribution in [0.5, 0.6) is 5.75 Å². The van der Waals surface area contributed by atoms with Gasteiger partial charge in [0, 0.05) is 46.0 Å². The van der Waals surface area contributed by atoms with E-state index in [1.807, 2.05) is 48.9 Å². The van der Waals surface area contributed by atoms with Crippen molar-refractivity contribution in [2.75, 3.05) is 39.3 Å². The lowest BCUT2D eigenvalue weighted by Crippen LogP contribution is -2.49. The number of aromatic nitrogens is 1. The maximum Gasteiger partial charge on any atom is 0.259 e. The highest BCUT2D eigenvalue weighted by Crippen LogP contribution is 2.19. The molecule has 0 spiro atoms. The molecule has 4 rings (SSSR count). The van der Waals surface area contributed by atoms with Gasteiger partial charge in [0.05, 0.1) is 17.5 Å². The largest absolute Gasteiger partial charge is 0.494 e. The third-order valence-electron chi connectivity index (χ3n) is 5.83. The van der Waals surface area contributed by atoms with Crippen molar-refractivity contribution in [1.82, 2.24) is 14.4 Å². The van der Waals surface area contributed by atoms with Gasteiger partial charge < -0.3 is 14.2 Å². The predicted octanol–water partition coefficient (Wildman–Crippen LogP) is 3.41. The SMILES string of the molecule is CCOc1ccc2c(c1)c(=O)c(C(=O)N1CCN(C/C=C/c3ccccc3)CC1)cn2C. The molecule has 0 atom stereocenters. The number of hydrogen-bond donors (Lipinski definition) is 0. The Morgan fingerprint density at radius 2 is 1.81 bits per heavy atom. The average molecular weight is 432 g/mol. The number of benzene rings is 2. The van der Waals surface area contributed by atoms with Crippen LogP contribution in [0.25, 0.3) is 17.0 Å². The van der Waals surface area contributed by atoms with Crippen LogP contribution in [0.2, 0.25) is 0 Å². The fourth-order valence-electron chi connectivity index (χ4n) is 4.09. The van der Waals surface area contributed by atoms with Gasteiger partial charge in [0.2, 0.25) is 5.43 Å². The first-order valence-corrected chi connectivity index (χ1v) is 11.1. The van der Waals surface area contributed by atoms with Crippen LogP contribution >= 0.6 is 0 Å². The van der Waals surface area contributed by atoms with Gasteiger partial charge in [-0.25, -0.2) is 0 Å². The highest BCUT2D eigenvalue weighted by atomic mass is 16.5. The Kier molecular flexibility index (Phi) is 6.71. The molecule has 1 amide bonds. The number of hydrogen-bond acceptors (Lipinski definition) is 4. The van der Waals surface area contributed by atoms with Gasteiger partial charge in [-0.3, -0.25) is 14.5 Å². The Hall–Kier alpha value is -3.38. The minimum Gasteiger partial charge on any atom is -0.494 e. The first-order valence-electron chi connectivity index (χ1n) is 11.1. The minimum absolute atomic E-state index is 0.200. The van der Waals surface area contributed by atoms with Crippen molar-refractivity contribution in [3.05, 3.63) is 82.2 Å². The Morgan fingerprint density at radius 1 is 1.06 bits per heavy atom. The number of carbonyl (C=O) groups excluding carboxylic acids is 1. The summed E-state index contributed by atoms with van der Waals surface area (Å²) >= 11 is 0. The molecule has 2 heterocycles. The van der Waals surface area contributed by atoms with Crippen molar-refractivity contribution >= 4 is 22.9 Å². The second-order valence-corrected chi connectivity index (χ2v) is 8.00. The molecular weight excluding hydrogens is 402 g/mol. The monoisotopic (exact) mass is 431 g/mol. The minimum atomic E-state index is -0.238. The third kappa shape index (κ3) is 4.75. The van der Waals surface area contributed by atoms with E-state index in [4.69, 9.17) is 4.74 Å². The fraction of sp³-hybridized carbons (Fsp3) is 0.308. The highest BCUT2D eigenvalue weighted by Gasteiger charge is 2.24. The van der Waals surface area contributed by atoms with Crippen LogP contribution in [0, 0.1) is 0 Å². The van der Waals surface area contributed by atoms with Gasteiger partial charge in [0.25, 0.3) is 5.91 Å². The molecule has 3 aromatic rings. The molecule has 1 saturated heterocycles. The molecule has 0 bridgehead atoms. The number of amides is 1. The van der Waals surface area contributed by atoms with E-state index in [1.165, 1.54) is 5.56 Å². The molecule has 6 nitrogen and oxygen atoms in total. The molecule has 0 radical (unpaired) electrons. The van der Waals surface area contributed by atoms with E-state index in [1.54, 1.807) is 17.2 Å². The maximum absolute atomic E-state index is 13.2. The number of pyridine rings is 1. The zero-order valence-corrected chi connectivity index (χ0v) is 18.7. The molecule has 0 N–H and O–H groups in total. The van der Waals surface area contributed by atoms with Crippen LogP contribution in [0.3, 0.4) is 0 Å². The molecule has 6 heteroatoms. The van der Waals surface area contributed by atoms with Crippen LogP contribution in [0.4, 0.5) is 0 Å². The molecule has 0 saturated carbocycles. The summed E-state index contributed by atoms with van der Waals surface area (Å²) in [4.78, 5) is 30.4. The van der Waals surface area contributed by atoms with E-state index in [9.17, 15) is 9.59 Å².